The Labute approximate surface area is 111 Å². The van der Waals surface area contributed by atoms with Crippen molar-refractivity contribution >= 4 is 5.69 Å². The maximum Gasteiger partial charge on any atom is 0.0792 e. The average Bonchev–Trinajstić information content (AvgIpc) is 2.77. The van der Waals surface area contributed by atoms with Gasteiger partial charge >= 0.3 is 0 Å². The van der Waals surface area contributed by atoms with Crippen LogP contribution in [0, 0.1) is 5.92 Å². The number of hydrogen-bond acceptors (Lipinski definition) is 2. The summed E-state index contributed by atoms with van der Waals surface area (Å²) in [6.07, 6.45) is 4.01. The van der Waals surface area contributed by atoms with Crippen molar-refractivity contribution in [3.05, 3.63) is 29.3 Å². The lowest BCUT2D eigenvalue weighted by atomic mass is 9.92. The molecule has 1 unspecified atom stereocenters. The zero-order valence-corrected chi connectivity index (χ0v) is 11.8. The van der Waals surface area contributed by atoms with E-state index in [1.165, 1.54) is 11.3 Å². The Kier molecular flexibility index (Phi) is 4.28. The molecule has 0 saturated heterocycles. The minimum absolute atomic E-state index is 0.300. The first-order valence-electron chi connectivity index (χ1n) is 7.17. The highest BCUT2D eigenvalue weighted by atomic mass is 16.3. The highest BCUT2D eigenvalue weighted by molar-refractivity contribution is 5.58. The van der Waals surface area contributed by atoms with Crippen LogP contribution in [0.3, 0.4) is 0 Å². The van der Waals surface area contributed by atoms with Crippen molar-refractivity contribution in [1.82, 2.24) is 0 Å². The summed E-state index contributed by atoms with van der Waals surface area (Å²) < 4.78 is 0. The molecule has 2 rings (SSSR count). The second kappa shape index (κ2) is 5.75. The van der Waals surface area contributed by atoms with Crippen molar-refractivity contribution in [3.63, 3.8) is 0 Å². The molecule has 1 atom stereocenters. The van der Waals surface area contributed by atoms with Crippen LogP contribution in [0.1, 0.15) is 50.3 Å². The van der Waals surface area contributed by atoms with Crippen LogP contribution in [-0.4, -0.2) is 18.7 Å². The molecule has 18 heavy (non-hydrogen) atoms. The Morgan fingerprint density at radius 3 is 2.67 bits per heavy atom. The minimum Gasteiger partial charge on any atom is -0.388 e. The van der Waals surface area contributed by atoms with Gasteiger partial charge in [-0.05, 0) is 36.0 Å². The van der Waals surface area contributed by atoms with E-state index in [-0.39, 0.29) is 6.10 Å². The molecule has 0 radical (unpaired) electrons. The molecule has 0 bridgehead atoms. The summed E-state index contributed by atoms with van der Waals surface area (Å²) in [5.41, 5.74) is 3.81. The molecule has 1 aliphatic rings. The number of likely N-dealkylation sites (N-methyl/N-ethyl adjacent to an activating group) is 1. The van der Waals surface area contributed by atoms with E-state index in [2.05, 4.69) is 44.0 Å². The number of aliphatic hydroxyl groups excluding tert-OH is 1. The Hall–Kier alpha value is -1.02. The maximum absolute atomic E-state index is 10.3. The van der Waals surface area contributed by atoms with E-state index in [0.29, 0.717) is 5.92 Å². The molecule has 0 amide bonds. The molecule has 2 heteroatoms. The number of rotatable bonds is 5. The van der Waals surface area contributed by atoms with Crippen LogP contribution in [0.4, 0.5) is 5.69 Å². The molecule has 0 aliphatic carbocycles. The van der Waals surface area contributed by atoms with Gasteiger partial charge in [-0.2, -0.15) is 0 Å². The van der Waals surface area contributed by atoms with Crippen molar-refractivity contribution < 1.29 is 5.11 Å². The average molecular weight is 247 g/mol. The maximum atomic E-state index is 10.3. The lowest BCUT2D eigenvalue weighted by Gasteiger charge is -2.19. The van der Waals surface area contributed by atoms with Gasteiger partial charge in [0.05, 0.1) is 6.10 Å². The molecule has 0 aromatic heterocycles. The van der Waals surface area contributed by atoms with Crippen LogP contribution in [0.2, 0.25) is 0 Å². The molecule has 1 N–H and O–H groups in total. The van der Waals surface area contributed by atoms with Gasteiger partial charge in [0, 0.05) is 19.3 Å². The van der Waals surface area contributed by atoms with Crippen molar-refractivity contribution in [2.24, 2.45) is 5.92 Å². The van der Waals surface area contributed by atoms with E-state index in [1.54, 1.807) is 0 Å². The fraction of sp³-hybridized carbons (Fsp3) is 0.625. The van der Waals surface area contributed by atoms with E-state index in [1.807, 2.05) is 0 Å². The molecular weight excluding hydrogens is 222 g/mol. The van der Waals surface area contributed by atoms with Crippen molar-refractivity contribution in [3.8, 4) is 0 Å². The molecule has 1 aliphatic heterocycles. The second-order valence-electron chi connectivity index (χ2n) is 5.49. The number of nitrogens with zero attached hydrogens (tertiary/aromatic N) is 1. The summed E-state index contributed by atoms with van der Waals surface area (Å²) in [6.45, 7) is 5.51. The topological polar surface area (TPSA) is 23.5 Å². The third-order valence-electron chi connectivity index (χ3n) is 4.33. The number of fused-ring (bicyclic) bond motifs is 1. The van der Waals surface area contributed by atoms with Gasteiger partial charge in [0.25, 0.3) is 0 Å². The van der Waals surface area contributed by atoms with Crippen LogP contribution >= 0.6 is 0 Å². The Bertz CT molecular complexity index is 398. The first-order chi connectivity index (χ1) is 8.65. The van der Waals surface area contributed by atoms with Gasteiger partial charge in [0.1, 0.15) is 0 Å². The number of aliphatic hydroxyl groups is 1. The summed E-state index contributed by atoms with van der Waals surface area (Å²) in [5, 5.41) is 10.3. The SMILES string of the molecule is CCC(CC)CC(O)c1ccc2c(c1)CCN2C. The molecule has 100 valence electrons. The van der Waals surface area contributed by atoms with Gasteiger partial charge in [-0.3, -0.25) is 0 Å². The molecule has 1 aromatic carbocycles. The zero-order chi connectivity index (χ0) is 13.1. The predicted octanol–water partition coefficient (Wildman–Crippen LogP) is 3.54. The molecule has 1 aromatic rings. The quantitative estimate of drug-likeness (QED) is 0.860. The summed E-state index contributed by atoms with van der Waals surface area (Å²) in [6, 6.07) is 6.45. The van der Waals surface area contributed by atoms with Gasteiger partial charge < -0.3 is 10.0 Å². The summed E-state index contributed by atoms with van der Waals surface area (Å²) in [7, 11) is 2.13. The summed E-state index contributed by atoms with van der Waals surface area (Å²) in [5.74, 6) is 0.635. The first kappa shape index (κ1) is 13.4. The number of hydrogen-bond donors (Lipinski definition) is 1. The van der Waals surface area contributed by atoms with Crippen LogP contribution in [0.5, 0.6) is 0 Å². The standard InChI is InChI=1S/C16H25NO/c1-4-12(5-2)10-16(18)14-6-7-15-13(11-14)8-9-17(15)3/h6-7,11-12,16,18H,4-5,8-10H2,1-3H3. The van der Waals surface area contributed by atoms with Crippen molar-refractivity contribution in [1.29, 1.82) is 0 Å². The smallest absolute Gasteiger partial charge is 0.0792 e. The van der Waals surface area contributed by atoms with Gasteiger partial charge in [-0.1, -0.05) is 38.8 Å². The Balaban J connectivity index is 2.10. The molecule has 2 nitrogen and oxygen atoms in total. The van der Waals surface area contributed by atoms with E-state index in [4.69, 9.17) is 0 Å². The van der Waals surface area contributed by atoms with E-state index >= 15 is 0 Å². The van der Waals surface area contributed by atoms with Gasteiger partial charge in [-0.15, -0.1) is 0 Å². The second-order valence-corrected chi connectivity index (χ2v) is 5.49. The predicted molar refractivity (Wildman–Crippen MR) is 77.1 cm³/mol. The summed E-state index contributed by atoms with van der Waals surface area (Å²) >= 11 is 0. The highest BCUT2D eigenvalue weighted by Crippen LogP contribution is 2.31. The Morgan fingerprint density at radius 1 is 1.28 bits per heavy atom. The van der Waals surface area contributed by atoms with Gasteiger partial charge in [0.15, 0.2) is 0 Å². The lowest BCUT2D eigenvalue weighted by Crippen LogP contribution is -2.12. The van der Waals surface area contributed by atoms with Crippen molar-refractivity contribution in [2.75, 3.05) is 18.5 Å². The molecule has 0 fully saturated rings. The van der Waals surface area contributed by atoms with Gasteiger partial charge in [0.2, 0.25) is 0 Å². The summed E-state index contributed by atoms with van der Waals surface area (Å²) in [4.78, 5) is 2.28. The number of benzene rings is 1. The monoisotopic (exact) mass is 247 g/mol. The van der Waals surface area contributed by atoms with E-state index in [0.717, 1.165) is 37.8 Å². The Morgan fingerprint density at radius 2 is 2.00 bits per heavy atom. The van der Waals surface area contributed by atoms with Crippen LogP contribution < -0.4 is 4.90 Å². The fourth-order valence-corrected chi connectivity index (χ4v) is 2.87. The van der Waals surface area contributed by atoms with Crippen molar-refractivity contribution in [2.45, 2.75) is 45.6 Å². The molecule has 0 saturated carbocycles. The zero-order valence-electron chi connectivity index (χ0n) is 11.8. The molecule has 0 spiro atoms. The van der Waals surface area contributed by atoms with Crippen LogP contribution in [0.25, 0.3) is 0 Å². The minimum atomic E-state index is -0.300. The molecule has 1 heterocycles. The third kappa shape index (κ3) is 2.69. The fourth-order valence-electron chi connectivity index (χ4n) is 2.87. The molecular formula is C16H25NO. The normalized spacial score (nSPS) is 16.2. The van der Waals surface area contributed by atoms with Gasteiger partial charge in [-0.25, -0.2) is 0 Å². The van der Waals surface area contributed by atoms with E-state index < -0.39 is 0 Å². The van der Waals surface area contributed by atoms with E-state index in [9.17, 15) is 5.11 Å². The van der Waals surface area contributed by atoms with Crippen LogP contribution in [-0.2, 0) is 6.42 Å². The van der Waals surface area contributed by atoms with Crippen LogP contribution in [0.15, 0.2) is 18.2 Å². The highest BCUT2D eigenvalue weighted by Gasteiger charge is 2.19. The number of anilines is 1. The third-order valence-corrected chi connectivity index (χ3v) is 4.33. The largest absolute Gasteiger partial charge is 0.388 e. The lowest BCUT2D eigenvalue weighted by molar-refractivity contribution is 0.141. The first-order valence-corrected chi connectivity index (χ1v) is 7.17.